The van der Waals surface area contributed by atoms with Crippen molar-refractivity contribution in [1.82, 2.24) is 0 Å². The van der Waals surface area contributed by atoms with Crippen LogP contribution >= 0.6 is 39.1 Å². The Morgan fingerprint density at radius 2 is 1.82 bits per heavy atom. The Morgan fingerprint density at radius 3 is 2.68 bits per heavy atom. The molecule has 1 aliphatic carbocycles. The zero-order valence-corrected chi connectivity index (χ0v) is 14.8. The second kappa shape index (κ2) is 5.59. The average molecular weight is 395 g/mol. The number of rotatable bonds is 1. The molecule has 112 valence electrons. The largest absolute Gasteiger partial charge is 0.377 e. The molecule has 0 bridgehead atoms. The lowest BCUT2D eigenvalue weighted by Crippen LogP contribution is -2.29. The van der Waals surface area contributed by atoms with Crippen molar-refractivity contribution in [3.63, 3.8) is 0 Å². The van der Waals surface area contributed by atoms with Gasteiger partial charge in [0.05, 0.1) is 21.8 Å². The van der Waals surface area contributed by atoms with E-state index >= 15 is 0 Å². The van der Waals surface area contributed by atoms with Gasteiger partial charge in [-0.1, -0.05) is 59.6 Å². The van der Waals surface area contributed by atoms with Crippen molar-refractivity contribution in [2.24, 2.45) is 5.92 Å². The van der Waals surface area contributed by atoms with E-state index in [1.807, 2.05) is 12.1 Å². The van der Waals surface area contributed by atoms with Gasteiger partial charge in [0.25, 0.3) is 0 Å². The maximum absolute atomic E-state index is 6.48. The smallest absolute Gasteiger partial charge is 0.0645 e. The topological polar surface area (TPSA) is 12.0 Å². The Kier molecular flexibility index (Phi) is 3.72. The predicted molar refractivity (Wildman–Crippen MR) is 97.0 cm³/mol. The third-order valence-corrected chi connectivity index (χ3v) is 6.16. The molecule has 0 spiro atoms. The first-order valence-electron chi connectivity index (χ1n) is 7.32. The standard InChI is InChI=1S/C18H14BrCl2N/c19-14-8-2-6-12-10-4-1-5-11(10)17(22-18(12)14)13-7-3-9-15(20)16(13)21/h1-4,6-11,17,22H,5H2/t10-,11-,17-/m1/s1. The van der Waals surface area contributed by atoms with E-state index in [1.165, 1.54) is 5.56 Å². The van der Waals surface area contributed by atoms with Gasteiger partial charge >= 0.3 is 0 Å². The summed E-state index contributed by atoms with van der Waals surface area (Å²) < 4.78 is 1.09. The number of para-hydroxylation sites is 1. The van der Waals surface area contributed by atoms with Gasteiger partial charge in [0.15, 0.2) is 0 Å². The summed E-state index contributed by atoms with van der Waals surface area (Å²) >= 11 is 16.4. The van der Waals surface area contributed by atoms with Gasteiger partial charge in [-0.3, -0.25) is 0 Å². The number of allylic oxidation sites excluding steroid dienone is 2. The third kappa shape index (κ3) is 2.20. The molecule has 0 unspecified atom stereocenters. The highest BCUT2D eigenvalue weighted by Crippen LogP contribution is 2.52. The fourth-order valence-electron chi connectivity index (χ4n) is 3.65. The second-order valence-electron chi connectivity index (χ2n) is 5.82. The molecule has 0 amide bonds. The van der Waals surface area contributed by atoms with Crippen LogP contribution in [0.4, 0.5) is 5.69 Å². The lowest BCUT2D eigenvalue weighted by molar-refractivity contribution is 0.425. The summed E-state index contributed by atoms with van der Waals surface area (Å²) in [6.45, 7) is 0. The minimum atomic E-state index is 0.164. The maximum Gasteiger partial charge on any atom is 0.0645 e. The summed E-state index contributed by atoms with van der Waals surface area (Å²) in [6, 6.07) is 12.4. The highest BCUT2D eigenvalue weighted by molar-refractivity contribution is 9.10. The number of nitrogens with one attached hydrogen (secondary N) is 1. The summed E-state index contributed by atoms with van der Waals surface area (Å²) in [5.74, 6) is 0.895. The molecule has 0 saturated heterocycles. The normalized spacial score (nSPS) is 25.5. The molecular weight excluding hydrogens is 381 g/mol. The molecule has 4 rings (SSSR count). The van der Waals surface area contributed by atoms with Gasteiger partial charge in [0, 0.05) is 10.4 Å². The Bertz CT molecular complexity index is 772. The second-order valence-corrected chi connectivity index (χ2v) is 7.46. The minimum absolute atomic E-state index is 0.164. The molecule has 0 aromatic heterocycles. The first-order valence-corrected chi connectivity index (χ1v) is 8.87. The van der Waals surface area contributed by atoms with Gasteiger partial charge in [-0.25, -0.2) is 0 Å². The molecule has 1 aliphatic heterocycles. The molecule has 0 saturated carbocycles. The van der Waals surface area contributed by atoms with Crippen LogP contribution in [0.2, 0.25) is 10.0 Å². The number of hydrogen-bond donors (Lipinski definition) is 1. The average Bonchev–Trinajstić information content (AvgIpc) is 3.00. The summed E-state index contributed by atoms with van der Waals surface area (Å²) in [5, 5.41) is 4.96. The molecule has 2 aromatic rings. The van der Waals surface area contributed by atoms with Gasteiger partial charge in [-0.05, 0) is 51.5 Å². The van der Waals surface area contributed by atoms with E-state index in [0.29, 0.717) is 21.9 Å². The van der Waals surface area contributed by atoms with Crippen LogP contribution in [-0.4, -0.2) is 0 Å². The molecule has 1 heterocycles. The first-order chi connectivity index (χ1) is 10.7. The molecule has 4 heteroatoms. The molecule has 1 nitrogen and oxygen atoms in total. The summed E-state index contributed by atoms with van der Waals surface area (Å²) in [6.07, 6.45) is 5.65. The lowest BCUT2D eigenvalue weighted by atomic mass is 9.77. The van der Waals surface area contributed by atoms with Crippen LogP contribution < -0.4 is 5.32 Å². The number of hydrogen-bond acceptors (Lipinski definition) is 1. The zero-order chi connectivity index (χ0) is 15.3. The number of anilines is 1. The van der Waals surface area contributed by atoms with E-state index in [-0.39, 0.29) is 6.04 Å². The van der Waals surface area contributed by atoms with E-state index in [1.54, 1.807) is 0 Å². The number of fused-ring (bicyclic) bond motifs is 3. The molecule has 1 N–H and O–H groups in total. The highest BCUT2D eigenvalue weighted by atomic mass is 79.9. The van der Waals surface area contributed by atoms with Crippen LogP contribution in [0, 0.1) is 5.92 Å². The third-order valence-electron chi connectivity index (χ3n) is 4.66. The quantitative estimate of drug-likeness (QED) is 0.538. The van der Waals surface area contributed by atoms with Crippen LogP contribution in [0.3, 0.4) is 0 Å². The van der Waals surface area contributed by atoms with Crippen molar-refractivity contribution in [2.45, 2.75) is 18.4 Å². The zero-order valence-electron chi connectivity index (χ0n) is 11.7. The van der Waals surface area contributed by atoms with Gasteiger partial charge in [0.2, 0.25) is 0 Å². The van der Waals surface area contributed by atoms with Crippen molar-refractivity contribution in [2.75, 3.05) is 5.32 Å². The summed E-state index contributed by atoms with van der Waals surface area (Å²) in [4.78, 5) is 0. The minimum Gasteiger partial charge on any atom is -0.377 e. The summed E-state index contributed by atoms with van der Waals surface area (Å²) in [5.41, 5.74) is 3.59. The molecular formula is C18H14BrCl2N. The van der Waals surface area contributed by atoms with E-state index in [2.05, 4.69) is 57.7 Å². The van der Waals surface area contributed by atoms with Crippen molar-refractivity contribution in [1.29, 1.82) is 0 Å². The maximum atomic E-state index is 6.48. The first kappa shape index (κ1) is 14.6. The van der Waals surface area contributed by atoms with Crippen LogP contribution in [0.15, 0.2) is 53.0 Å². The van der Waals surface area contributed by atoms with Crippen molar-refractivity contribution < 1.29 is 0 Å². The van der Waals surface area contributed by atoms with Crippen molar-refractivity contribution in [3.8, 4) is 0 Å². The van der Waals surface area contributed by atoms with Crippen molar-refractivity contribution in [3.05, 3.63) is 74.2 Å². The lowest BCUT2D eigenvalue weighted by Gasteiger charge is -2.38. The fourth-order valence-corrected chi connectivity index (χ4v) is 4.57. The fraction of sp³-hybridized carbons (Fsp3) is 0.222. The van der Waals surface area contributed by atoms with Crippen molar-refractivity contribution >= 4 is 44.8 Å². The Labute approximate surface area is 148 Å². The van der Waals surface area contributed by atoms with Gasteiger partial charge in [-0.15, -0.1) is 0 Å². The Hall–Kier alpha value is -0.960. The van der Waals surface area contributed by atoms with Crippen LogP contribution in [0.25, 0.3) is 0 Å². The molecule has 2 aromatic carbocycles. The van der Waals surface area contributed by atoms with Gasteiger partial charge in [0.1, 0.15) is 0 Å². The van der Waals surface area contributed by atoms with E-state index in [9.17, 15) is 0 Å². The van der Waals surface area contributed by atoms with Crippen LogP contribution in [-0.2, 0) is 0 Å². The highest BCUT2D eigenvalue weighted by Gasteiger charge is 2.39. The Balaban J connectivity index is 1.86. The van der Waals surface area contributed by atoms with Crippen LogP contribution in [0.5, 0.6) is 0 Å². The molecule has 0 fully saturated rings. The molecule has 2 aliphatic rings. The number of benzene rings is 2. The molecule has 3 atom stereocenters. The summed E-state index contributed by atoms with van der Waals surface area (Å²) in [7, 11) is 0. The number of halogens is 3. The van der Waals surface area contributed by atoms with Gasteiger partial charge < -0.3 is 5.32 Å². The SMILES string of the molecule is Clc1cccc([C@@H]2Nc3c(Br)cccc3[C@@H]3C=CC[C@H]32)c1Cl. The molecule has 0 radical (unpaired) electrons. The van der Waals surface area contributed by atoms with Gasteiger partial charge in [-0.2, -0.15) is 0 Å². The van der Waals surface area contributed by atoms with E-state index < -0.39 is 0 Å². The van der Waals surface area contributed by atoms with E-state index in [4.69, 9.17) is 23.2 Å². The van der Waals surface area contributed by atoms with Crippen LogP contribution in [0.1, 0.15) is 29.5 Å². The predicted octanol–water partition coefficient (Wildman–Crippen LogP) is 6.58. The Morgan fingerprint density at radius 1 is 1.05 bits per heavy atom. The monoisotopic (exact) mass is 393 g/mol. The molecule has 22 heavy (non-hydrogen) atoms. The van der Waals surface area contributed by atoms with E-state index in [0.717, 1.165) is 22.1 Å².